The Morgan fingerprint density at radius 3 is 2.72 bits per heavy atom. The van der Waals surface area contributed by atoms with Crippen molar-refractivity contribution in [3.05, 3.63) is 59.4 Å². The van der Waals surface area contributed by atoms with Crippen LogP contribution in [0.2, 0.25) is 0 Å². The van der Waals surface area contributed by atoms with E-state index in [2.05, 4.69) is 15.6 Å². The molecule has 0 aliphatic rings. The molecule has 0 bridgehead atoms. The Bertz CT molecular complexity index is 729. The van der Waals surface area contributed by atoms with E-state index in [4.69, 9.17) is 4.74 Å². The average molecular weight is 341 g/mol. The number of hydrogen-bond donors (Lipinski definition) is 2. The van der Waals surface area contributed by atoms with E-state index in [0.717, 1.165) is 11.3 Å². The summed E-state index contributed by atoms with van der Waals surface area (Å²) in [5, 5.41) is 5.61. The number of carbonyl (C=O) groups is 2. The maximum Gasteiger partial charge on any atom is 0.251 e. The summed E-state index contributed by atoms with van der Waals surface area (Å²) in [5.74, 6) is 0.241. The van der Waals surface area contributed by atoms with Gasteiger partial charge in [-0.2, -0.15) is 0 Å². The number of methoxy groups -OCH3 is 1. The van der Waals surface area contributed by atoms with Crippen molar-refractivity contribution in [3.63, 3.8) is 0 Å². The zero-order valence-corrected chi connectivity index (χ0v) is 14.7. The minimum absolute atomic E-state index is 0.138. The van der Waals surface area contributed by atoms with Crippen molar-refractivity contribution < 1.29 is 14.3 Å². The minimum Gasteiger partial charge on any atom is -0.497 e. The summed E-state index contributed by atoms with van der Waals surface area (Å²) in [6.45, 7) is 4.10. The van der Waals surface area contributed by atoms with Crippen molar-refractivity contribution in [1.82, 2.24) is 15.6 Å². The molecule has 2 aromatic rings. The lowest BCUT2D eigenvalue weighted by molar-refractivity contribution is -0.121. The summed E-state index contributed by atoms with van der Waals surface area (Å²) in [4.78, 5) is 28.4. The Labute approximate surface area is 147 Å². The molecule has 2 rings (SSSR count). The van der Waals surface area contributed by atoms with Crippen LogP contribution in [0.25, 0.3) is 0 Å². The molecule has 1 atom stereocenters. The average Bonchev–Trinajstić information content (AvgIpc) is 2.62. The largest absolute Gasteiger partial charge is 0.497 e. The number of amides is 2. The second-order valence-corrected chi connectivity index (χ2v) is 5.79. The monoisotopic (exact) mass is 341 g/mol. The maximum absolute atomic E-state index is 12.1. The molecule has 25 heavy (non-hydrogen) atoms. The van der Waals surface area contributed by atoms with Gasteiger partial charge in [-0.3, -0.25) is 14.6 Å². The van der Waals surface area contributed by atoms with Gasteiger partial charge in [-0.25, -0.2) is 0 Å². The Hall–Kier alpha value is -2.89. The van der Waals surface area contributed by atoms with Crippen LogP contribution in [0.5, 0.6) is 5.75 Å². The number of pyridine rings is 1. The van der Waals surface area contributed by atoms with Crippen LogP contribution < -0.4 is 15.4 Å². The van der Waals surface area contributed by atoms with Crippen molar-refractivity contribution >= 4 is 11.8 Å². The number of benzene rings is 1. The Morgan fingerprint density at radius 1 is 1.24 bits per heavy atom. The predicted octanol–water partition coefficient (Wildman–Crippen LogP) is 2.40. The first-order valence-electron chi connectivity index (χ1n) is 8.13. The van der Waals surface area contributed by atoms with E-state index in [-0.39, 0.29) is 30.8 Å². The third-order valence-corrected chi connectivity index (χ3v) is 3.72. The zero-order chi connectivity index (χ0) is 18.2. The highest BCUT2D eigenvalue weighted by Crippen LogP contribution is 2.12. The minimum atomic E-state index is -0.236. The van der Waals surface area contributed by atoms with Gasteiger partial charge in [0.15, 0.2) is 0 Å². The first-order chi connectivity index (χ1) is 12.0. The Kier molecular flexibility index (Phi) is 6.51. The van der Waals surface area contributed by atoms with Crippen molar-refractivity contribution in [2.75, 3.05) is 13.7 Å². The Balaban J connectivity index is 1.77. The lowest BCUT2D eigenvalue weighted by Gasteiger charge is -2.14. The third kappa shape index (κ3) is 5.60. The van der Waals surface area contributed by atoms with E-state index in [1.807, 2.05) is 26.0 Å². The number of rotatable bonds is 7. The van der Waals surface area contributed by atoms with Gasteiger partial charge in [0.05, 0.1) is 18.8 Å². The van der Waals surface area contributed by atoms with Gasteiger partial charge < -0.3 is 15.4 Å². The van der Waals surface area contributed by atoms with Gasteiger partial charge >= 0.3 is 0 Å². The molecule has 0 saturated carbocycles. The van der Waals surface area contributed by atoms with Crippen molar-refractivity contribution in [1.29, 1.82) is 0 Å². The van der Waals surface area contributed by atoms with Crippen molar-refractivity contribution in [2.45, 2.75) is 26.3 Å². The molecule has 1 heterocycles. The molecular formula is C19H23N3O3. The zero-order valence-electron chi connectivity index (χ0n) is 14.7. The van der Waals surface area contributed by atoms with Crippen molar-refractivity contribution in [2.24, 2.45) is 0 Å². The van der Waals surface area contributed by atoms with Gasteiger partial charge in [-0.15, -0.1) is 0 Å². The van der Waals surface area contributed by atoms with Crippen LogP contribution in [0, 0.1) is 6.92 Å². The molecule has 6 heteroatoms. The molecule has 6 nitrogen and oxygen atoms in total. The number of carbonyl (C=O) groups excluding carboxylic acids is 2. The second kappa shape index (κ2) is 8.82. The number of aromatic nitrogens is 1. The van der Waals surface area contributed by atoms with Crippen LogP contribution in [0.3, 0.4) is 0 Å². The summed E-state index contributed by atoms with van der Waals surface area (Å²) in [6.07, 6.45) is 1.97. The molecule has 0 radical (unpaired) electrons. The van der Waals surface area contributed by atoms with Gasteiger partial charge in [-0.1, -0.05) is 12.1 Å². The summed E-state index contributed by atoms with van der Waals surface area (Å²) >= 11 is 0. The summed E-state index contributed by atoms with van der Waals surface area (Å²) in [6, 6.07) is 10.5. The summed E-state index contributed by atoms with van der Waals surface area (Å²) in [7, 11) is 1.55. The molecule has 0 aliphatic carbocycles. The normalized spacial score (nSPS) is 11.5. The van der Waals surface area contributed by atoms with Crippen LogP contribution >= 0.6 is 0 Å². The van der Waals surface area contributed by atoms with Crippen LogP contribution in [0.15, 0.2) is 42.6 Å². The third-order valence-electron chi connectivity index (χ3n) is 3.72. The highest BCUT2D eigenvalue weighted by Gasteiger charge is 2.11. The van der Waals surface area contributed by atoms with Crippen LogP contribution in [0.1, 0.15) is 41.0 Å². The summed E-state index contributed by atoms with van der Waals surface area (Å²) in [5.41, 5.74) is 2.37. The quantitative estimate of drug-likeness (QED) is 0.810. The maximum atomic E-state index is 12.1. The van der Waals surface area contributed by atoms with Crippen LogP contribution in [-0.2, 0) is 4.79 Å². The predicted molar refractivity (Wildman–Crippen MR) is 95.5 cm³/mol. The van der Waals surface area contributed by atoms with Gasteiger partial charge in [0, 0.05) is 24.7 Å². The molecule has 2 N–H and O–H groups in total. The highest BCUT2D eigenvalue weighted by molar-refractivity contribution is 5.94. The van der Waals surface area contributed by atoms with Gasteiger partial charge in [-0.05, 0) is 43.7 Å². The lowest BCUT2D eigenvalue weighted by Crippen LogP contribution is -2.32. The van der Waals surface area contributed by atoms with E-state index in [9.17, 15) is 9.59 Å². The van der Waals surface area contributed by atoms with Crippen LogP contribution in [-0.4, -0.2) is 30.5 Å². The van der Waals surface area contributed by atoms with Gasteiger partial charge in [0.2, 0.25) is 5.91 Å². The second-order valence-electron chi connectivity index (χ2n) is 5.79. The molecule has 0 spiro atoms. The first-order valence-corrected chi connectivity index (χ1v) is 8.13. The molecular weight excluding hydrogens is 318 g/mol. The molecule has 0 unspecified atom stereocenters. The SMILES string of the molecule is COc1cccc(C(=O)NCCC(=O)N[C@@H](C)c2ccc(C)cn2)c1. The van der Waals surface area contributed by atoms with E-state index >= 15 is 0 Å². The molecule has 0 fully saturated rings. The molecule has 0 saturated heterocycles. The van der Waals surface area contributed by atoms with E-state index in [1.54, 1.807) is 37.6 Å². The van der Waals surface area contributed by atoms with E-state index in [1.165, 1.54) is 0 Å². The van der Waals surface area contributed by atoms with Gasteiger partial charge in [0.1, 0.15) is 5.75 Å². The molecule has 0 aliphatic heterocycles. The molecule has 132 valence electrons. The number of nitrogens with zero attached hydrogens (tertiary/aromatic N) is 1. The van der Waals surface area contributed by atoms with Gasteiger partial charge in [0.25, 0.3) is 5.91 Å². The fourth-order valence-corrected chi connectivity index (χ4v) is 2.28. The van der Waals surface area contributed by atoms with E-state index < -0.39 is 0 Å². The molecule has 1 aromatic carbocycles. The fourth-order valence-electron chi connectivity index (χ4n) is 2.28. The lowest BCUT2D eigenvalue weighted by atomic mass is 10.2. The summed E-state index contributed by atoms with van der Waals surface area (Å²) < 4.78 is 5.09. The fraction of sp³-hybridized carbons (Fsp3) is 0.316. The van der Waals surface area contributed by atoms with Crippen LogP contribution in [0.4, 0.5) is 0 Å². The molecule has 1 aromatic heterocycles. The standard InChI is InChI=1S/C19H23N3O3/c1-13-7-8-17(21-12-13)14(2)22-18(23)9-10-20-19(24)15-5-4-6-16(11-15)25-3/h4-8,11-12,14H,9-10H2,1-3H3,(H,20,24)(H,22,23)/t14-/m0/s1. The van der Waals surface area contributed by atoms with E-state index in [0.29, 0.717) is 11.3 Å². The Morgan fingerprint density at radius 2 is 2.04 bits per heavy atom. The molecule has 2 amide bonds. The first kappa shape index (κ1) is 18.4. The number of aryl methyl sites for hydroxylation is 1. The topological polar surface area (TPSA) is 80.3 Å². The van der Waals surface area contributed by atoms with Crippen molar-refractivity contribution in [3.8, 4) is 5.75 Å². The highest BCUT2D eigenvalue weighted by atomic mass is 16.5. The number of ether oxygens (including phenoxy) is 1. The number of hydrogen-bond acceptors (Lipinski definition) is 4. The smallest absolute Gasteiger partial charge is 0.251 e. The number of nitrogens with one attached hydrogen (secondary N) is 2.